The number of piperidine rings is 1. The Morgan fingerprint density at radius 1 is 1.26 bits per heavy atom. The first-order chi connectivity index (χ1) is 18.1. The van der Waals surface area contributed by atoms with Gasteiger partial charge in [0.2, 0.25) is 11.9 Å². The van der Waals surface area contributed by atoms with Crippen LogP contribution in [0.3, 0.4) is 0 Å². The molecule has 3 heterocycles. The number of methoxy groups -OCH3 is 1. The molecule has 2 aromatic rings. The highest BCUT2D eigenvalue weighted by Crippen LogP contribution is 2.41. The van der Waals surface area contributed by atoms with Crippen LogP contribution in [0, 0.1) is 0 Å². The number of thioether (sulfide) groups is 1. The third-order valence-corrected chi connectivity index (χ3v) is 7.83. The summed E-state index contributed by atoms with van der Waals surface area (Å²) in [4.78, 5) is 24.8. The minimum absolute atomic E-state index is 0.00465. The number of aromatic nitrogens is 2. The van der Waals surface area contributed by atoms with Gasteiger partial charge >= 0.3 is 6.18 Å². The van der Waals surface area contributed by atoms with Crippen molar-refractivity contribution in [1.29, 1.82) is 0 Å². The molecule has 4 rings (SSSR count). The summed E-state index contributed by atoms with van der Waals surface area (Å²) in [6.07, 6.45) is -0.683. The zero-order valence-corrected chi connectivity index (χ0v) is 22.4. The summed E-state index contributed by atoms with van der Waals surface area (Å²) < 4.78 is 46.4. The van der Waals surface area contributed by atoms with Crippen LogP contribution in [0.1, 0.15) is 18.4 Å². The van der Waals surface area contributed by atoms with Gasteiger partial charge < -0.3 is 30.5 Å². The average molecular weight is 552 g/mol. The number of carbonyl (C=O) groups excluding carboxylic acids is 1. The summed E-state index contributed by atoms with van der Waals surface area (Å²) in [5, 5.41) is 8.75. The second kappa shape index (κ2) is 11.8. The van der Waals surface area contributed by atoms with Gasteiger partial charge in [-0.25, -0.2) is 9.97 Å². The molecule has 3 N–H and O–H groups in total. The topological polar surface area (TPSA) is 94.6 Å². The Labute approximate surface area is 224 Å². The van der Waals surface area contributed by atoms with Crippen LogP contribution >= 0.6 is 11.8 Å². The highest BCUT2D eigenvalue weighted by atomic mass is 32.2. The van der Waals surface area contributed by atoms with E-state index in [1.807, 2.05) is 0 Å². The van der Waals surface area contributed by atoms with Crippen molar-refractivity contribution in [2.75, 3.05) is 62.9 Å². The number of alkyl halides is 3. The summed E-state index contributed by atoms with van der Waals surface area (Å²) in [5.74, 6) is 0.0444. The summed E-state index contributed by atoms with van der Waals surface area (Å²) >= 11 is 1.07. The van der Waals surface area contributed by atoms with Gasteiger partial charge in [0, 0.05) is 49.7 Å². The van der Waals surface area contributed by atoms with Crippen molar-refractivity contribution >= 4 is 40.7 Å². The molecule has 2 aliphatic heterocycles. The van der Waals surface area contributed by atoms with E-state index in [-0.39, 0.29) is 22.1 Å². The fourth-order valence-corrected chi connectivity index (χ4v) is 5.49. The maximum absolute atomic E-state index is 13.6. The van der Waals surface area contributed by atoms with Crippen LogP contribution in [0.4, 0.5) is 36.2 Å². The number of amides is 1. The summed E-state index contributed by atoms with van der Waals surface area (Å²) in [7, 11) is 5.63. The van der Waals surface area contributed by atoms with Crippen LogP contribution in [-0.4, -0.2) is 79.5 Å². The predicted molar refractivity (Wildman–Crippen MR) is 144 cm³/mol. The smallest absolute Gasteiger partial charge is 0.420 e. The Hall–Kier alpha value is -3.03. The van der Waals surface area contributed by atoms with Crippen molar-refractivity contribution in [1.82, 2.24) is 20.2 Å². The molecule has 0 saturated carbocycles. The molecule has 0 bridgehead atoms. The molecule has 2 saturated heterocycles. The van der Waals surface area contributed by atoms with E-state index in [0.29, 0.717) is 36.3 Å². The molecule has 9 nitrogen and oxygen atoms in total. The Morgan fingerprint density at radius 2 is 1.97 bits per heavy atom. The maximum Gasteiger partial charge on any atom is 0.420 e. The van der Waals surface area contributed by atoms with Crippen molar-refractivity contribution in [3.8, 4) is 5.75 Å². The molecule has 2 aliphatic rings. The monoisotopic (exact) mass is 551 g/mol. The number of nitrogens with zero attached hydrogens (tertiary/aromatic N) is 4. The molecule has 38 heavy (non-hydrogen) atoms. The van der Waals surface area contributed by atoms with Crippen LogP contribution in [0.2, 0.25) is 0 Å². The van der Waals surface area contributed by atoms with Crippen molar-refractivity contribution in [3.05, 3.63) is 36.5 Å². The molecular weight excluding hydrogens is 519 g/mol. The second-order valence-electron chi connectivity index (χ2n) is 9.38. The zero-order valence-electron chi connectivity index (χ0n) is 21.6. The fraction of sp³-hybridized carbons (Fsp3) is 0.480. The Morgan fingerprint density at radius 3 is 2.53 bits per heavy atom. The van der Waals surface area contributed by atoms with E-state index in [0.717, 1.165) is 49.6 Å². The third kappa shape index (κ3) is 6.51. The van der Waals surface area contributed by atoms with Gasteiger partial charge in [0.05, 0.1) is 24.2 Å². The molecule has 1 aromatic carbocycles. The normalized spacial score (nSPS) is 16.8. The lowest BCUT2D eigenvalue weighted by Gasteiger charge is -2.37. The van der Waals surface area contributed by atoms with E-state index >= 15 is 0 Å². The number of rotatable bonds is 9. The first-order valence-corrected chi connectivity index (χ1v) is 13.1. The average Bonchev–Trinajstić information content (AvgIpc) is 2.86. The molecule has 0 atom stereocenters. The van der Waals surface area contributed by atoms with Gasteiger partial charge in [0.15, 0.2) is 0 Å². The first-order valence-electron chi connectivity index (χ1n) is 12.2. The van der Waals surface area contributed by atoms with Crippen molar-refractivity contribution in [3.63, 3.8) is 0 Å². The molecule has 0 radical (unpaired) electrons. The summed E-state index contributed by atoms with van der Waals surface area (Å²) in [6.45, 7) is 6.33. The van der Waals surface area contributed by atoms with E-state index in [1.165, 1.54) is 13.2 Å². The molecule has 1 amide bonds. The van der Waals surface area contributed by atoms with Crippen LogP contribution in [0.25, 0.3) is 0 Å². The Balaban J connectivity index is 1.66. The number of carbonyl (C=O) groups is 1. The van der Waals surface area contributed by atoms with E-state index in [9.17, 15) is 18.0 Å². The Bertz CT molecular complexity index is 1170. The van der Waals surface area contributed by atoms with Gasteiger partial charge in [-0.3, -0.25) is 4.79 Å². The molecule has 13 heteroatoms. The van der Waals surface area contributed by atoms with Gasteiger partial charge in [0.25, 0.3) is 0 Å². The highest BCUT2D eigenvalue weighted by molar-refractivity contribution is 8.00. The number of ether oxygens (including phenoxy) is 1. The zero-order chi connectivity index (χ0) is 27.4. The standard InChI is InChI=1S/C25H32F3N7O2S/c1-5-22(36)31-18-10-19(21(37-4)11-20(18)35-8-6-15(7-9-35)34(2)3)32-24-30-14-17(25(26,27)28)23(33-24)38-16-12-29-13-16/h5,10-11,14-16,29H,1,6-9,12-13H2,2-4H3,(H,31,36)(H,30,32,33). The molecule has 1 aromatic heterocycles. The fourth-order valence-electron chi connectivity index (χ4n) is 4.34. The maximum atomic E-state index is 13.6. The van der Waals surface area contributed by atoms with E-state index in [4.69, 9.17) is 4.74 Å². The van der Waals surface area contributed by atoms with Crippen LogP contribution in [0.15, 0.2) is 36.0 Å². The number of hydrogen-bond donors (Lipinski definition) is 3. The predicted octanol–water partition coefficient (Wildman–Crippen LogP) is 3.97. The highest BCUT2D eigenvalue weighted by Gasteiger charge is 2.36. The number of hydrogen-bond acceptors (Lipinski definition) is 9. The quantitative estimate of drug-likeness (QED) is 0.316. The van der Waals surface area contributed by atoms with Gasteiger partial charge in [0.1, 0.15) is 16.3 Å². The van der Waals surface area contributed by atoms with Crippen molar-refractivity contribution < 1.29 is 22.7 Å². The van der Waals surface area contributed by atoms with Crippen molar-refractivity contribution in [2.24, 2.45) is 0 Å². The van der Waals surface area contributed by atoms with Crippen LogP contribution < -0.4 is 25.6 Å². The molecular formula is C25H32F3N7O2S. The van der Waals surface area contributed by atoms with Gasteiger partial charge in [-0.05, 0) is 39.1 Å². The number of nitrogens with one attached hydrogen (secondary N) is 3. The minimum Gasteiger partial charge on any atom is -0.494 e. The summed E-state index contributed by atoms with van der Waals surface area (Å²) in [5.41, 5.74) is 0.826. The van der Waals surface area contributed by atoms with Crippen molar-refractivity contribution in [2.45, 2.75) is 35.3 Å². The van der Waals surface area contributed by atoms with Gasteiger partial charge in [-0.15, -0.1) is 0 Å². The van der Waals surface area contributed by atoms with Crippen LogP contribution in [0.5, 0.6) is 5.75 Å². The number of halogens is 3. The number of benzene rings is 1. The lowest BCUT2D eigenvalue weighted by Crippen LogP contribution is -2.44. The molecule has 0 aliphatic carbocycles. The molecule has 206 valence electrons. The molecule has 0 unspecified atom stereocenters. The number of anilines is 4. The third-order valence-electron chi connectivity index (χ3n) is 6.62. The lowest BCUT2D eigenvalue weighted by molar-refractivity contribution is -0.140. The summed E-state index contributed by atoms with van der Waals surface area (Å²) in [6, 6.07) is 3.95. The SMILES string of the molecule is C=CC(=O)Nc1cc(Nc2ncc(C(F)(F)F)c(SC3CNC3)n2)c(OC)cc1N1CCC(N(C)C)CC1. The largest absolute Gasteiger partial charge is 0.494 e. The second-order valence-corrected chi connectivity index (χ2v) is 10.7. The Kier molecular flexibility index (Phi) is 8.68. The lowest BCUT2D eigenvalue weighted by atomic mass is 10.0. The van der Waals surface area contributed by atoms with E-state index in [1.54, 1.807) is 12.1 Å². The van der Waals surface area contributed by atoms with Crippen LogP contribution in [-0.2, 0) is 11.0 Å². The van der Waals surface area contributed by atoms with Gasteiger partial charge in [-0.2, -0.15) is 13.2 Å². The first kappa shape index (κ1) is 28.0. The van der Waals surface area contributed by atoms with E-state index < -0.39 is 11.7 Å². The minimum atomic E-state index is -4.57. The van der Waals surface area contributed by atoms with E-state index in [2.05, 4.69) is 56.4 Å². The molecule has 2 fully saturated rings. The van der Waals surface area contributed by atoms with Gasteiger partial charge in [-0.1, -0.05) is 18.3 Å². The molecule has 0 spiro atoms.